The van der Waals surface area contributed by atoms with Crippen LogP contribution in [0, 0.1) is 0 Å². The number of aromatic nitrogens is 5. The van der Waals surface area contributed by atoms with Crippen molar-refractivity contribution in [3.05, 3.63) is 64.3 Å². The van der Waals surface area contributed by atoms with E-state index in [9.17, 15) is 4.79 Å². The molecule has 0 aliphatic carbocycles. The predicted molar refractivity (Wildman–Crippen MR) is 109 cm³/mol. The summed E-state index contributed by atoms with van der Waals surface area (Å²) < 4.78 is 2.77. The zero-order valence-electron chi connectivity index (χ0n) is 15.5. The summed E-state index contributed by atoms with van der Waals surface area (Å²) in [6.45, 7) is 0.629. The Balaban J connectivity index is 1.62. The fourth-order valence-corrected chi connectivity index (χ4v) is 4.14. The fraction of sp³-hybridized carbons (Fsp3) is 0.211. The first-order chi connectivity index (χ1) is 13.7. The van der Waals surface area contributed by atoms with Gasteiger partial charge in [-0.25, -0.2) is 4.98 Å². The maximum Gasteiger partial charge on any atom is 0.167 e. The highest BCUT2D eigenvalue weighted by atomic mass is 32.1. The Kier molecular flexibility index (Phi) is 4.98. The summed E-state index contributed by atoms with van der Waals surface area (Å²) >= 11 is 1.56. The Labute approximate surface area is 165 Å². The molecule has 28 heavy (non-hydrogen) atoms. The van der Waals surface area contributed by atoms with E-state index in [4.69, 9.17) is 4.98 Å². The zero-order chi connectivity index (χ0) is 19.5. The van der Waals surface area contributed by atoms with Crippen molar-refractivity contribution < 1.29 is 4.79 Å². The molecule has 0 radical (unpaired) electrons. The van der Waals surface area contributed by atoms with Crippen molar-refractivity contribution in [2.24, 2.45) is 12.1 Å². The summed E-state index contributed by atoms with van der Waals surface area (Å²) in [5.74, 6) is 0. The lowest BCUT2D eigenvalue weighted by atomic mass is 10.3. The van der Waals surface area contributed by atoms with Crippen molar-refractivity contribution in [2.45, 2.75) is 13.0 Å². The quantitative estimate of drug-likeness (QED) is 0.296. The second-order valence-corrected chi connectivity index (χ2v) is 7.48. The van der Waals surface area contributed by atoms with Gasteiger partial charge in [0.15, 0.2) is 11.9 Å². The van der Waals surface area contributed by atoms with E-state index in [2.05, 4.69) is 20.3 Å². The number of carbonyl (C=O) groups is 1. The summed E-state index contributed by atoms with van der Waals surface area (Å²) in [4.78, 5) is 20.5. The molecule has 0 spiro atoms. The number of aldehydes is 1. The van der Waals surface area contributed by atoms with Crippen LogP contribution in [0.1, 0.15) is 32.3 Å². The van der Waals surface area contributed by atoms with E-state index in [0.29, 0.717) is 18.7 Å². The lowest BCUT2D eigenvalue weighted by Gasteiger charge is -2.12. The molecule has 0 aromatic carbocycles. The monoisotopic (exact) mass is 393 g/mol. The van der Waals surface area contributed by atoms with Crippen LogP contribution in [0.4, 0.5) is 0 Å². The molecule has 0 aliphatic rings. The highest BCUT2D eigenvalue weighted by Crippen LogP contribution is 2.30. The molecule has 0 saturated heterocycles. The van der Waals surface area contributed by atoms with Crippen LogP contribution in [0.2, 0.25) is 0 Å². The number of aromatic amines is 1. The van der Waals surface area contributed by atoms with Crippen LogP contribution in [0.25, 0.3) is 10.3 Å². The molecule has 4 aromatic rings. The van der Waals surface area contributed by atoms with Crippen molar-refractivity contribution in [3.63, 3.8) is 0 Å². The maximum atomic E-state index is 11.7. The van der Waals surface area contributed by atoms with Crippen molar-refractivity contribution in [3.8, 4) is 0 Å². The van der Waals surface area contributed by atoms with Crippen molar-refractivity contribution in [1.82, 2.24) is 29.7 Å². The number of pyridine rings is 1. The molecule has 142 valence electrons. The van der Waals surface area contributed by atoms with E-state index in [1.807, 2.05) is 48.1 Å². The Hall–Kier alpha value is -3.33. The molecule has 0 unspecified atom stereocenters. The topological polar surface area (TPSA) is 92.1 Å². The molecule has 0 aliphatic heterocycles. The highest BCUT2D eigenvalue weighted by Gasteiger charge is 2.18. The third kappa shape index (κ3) is 3.56. The van der Waals surface area contributed by atoms with Crippen LogP contribution in [0.15, 0.2) is 41.9 Å². The SMILES string of the molecule is CN(Cc1cccnc1)/N=C\c1c(C=O)n(C)c2nc(Cc3cc[nH]n3)sc12. The van der Waals surface area contributed by atoms with E-state index in [-0.39, 0.29) is 0 Å². The van der Waals surface area contributed by atoms with Gasteiger partial charge in [-0.3, -0.25) is 19.9 Å². The minimum atomic E-state index is 0.568. The Morgan fingerprint density at radius 2 is 2.29 bits per heavy atom. The highest BCUT2D eigenvalue weighted by molar-refractivity contribution is 7.19. The lowest BCUT2D eigenvalue weighted by Crippen LogP contribution is -2.11. The van der Waals surface area contributed by atoms with Gasteiger partial charge in [0.05, 0.1) is 28.8 Å². The number of nitrogens with one attached hydrogen (secondary N) is 1. The van der Waals surface area contributed by atoms with Crippen LogP contribution in [-0.2, 0) is 20.0 Å². The number of carbonyl (C=O) groups excluding carboxylic acids is 1. The van der Waals surface area contributed by atoms with Crippen LogP contribution in [0.3, 0.4) is 0 Å². The molecule has 0 atom stereocenters. The van der Waals surface area contributed by atoms with Gasteiger partial charge in [-0.05, 0) is 17.7 Å². The van der Waals surface area contributed by atoms with Crippen LogP contribution in [-0.4, -0.2) is 49.3 Å². The summed E-state index contributed by atoms with van der Waals surface area (Å²) in [5, 5.41) is 14.3. The number of nitrogens with zero attached hydrogens (tertiary/aromatic N) is 6. The molecule has 0 saturated carbocycles. The molecule has 8 nitrogen and oxygen atoms in total. The number of thiazole rings is 1. The molecule has 4 rings (SSSR count). The number of rotatable bonds is 7. The predicted octanol–water partition coefficient (Wildman–Crippen LogP) is 2.62. The largest absolute Gasteiger partial charge is 0.325 e. The second kappa shape index (κ2) is 7.73. The first-order valence-corrected chi connectivity index (χ1v) is 9.53. The fourth-order valence-electron chi connectivity index (χ4n) is 3.01. The standard InChI is InChI=1S/C19H19N7OS/c1-25(11-13-4-3-6-20-9-13)22-10-15-16(12-27)26(2)19-18(15)28-17(23-19)8-14-5-7-21-24-14/h3-7,9-10,12H,8,11H2,1-2H3,(H,21,24)/b22-10-. The van der Waals surface area contributed by atoms with Crippen LogP contribution in [0.5, 0.6) is 0 Å². The molecule has 0 bridgehead atoms. The Morgan fingerprint density at radius 1 is 1.39 bits per heavy atom. The maximum absolute atomic E-state index is 11.7. The zero-order valence-corrected chi connectivity index (χ0v) is 16.3. The Bertz CT molecular complexity index is 1110. The van der Waals surface area contributed by atoms with Gasteiger partial charge in [0.1, 0.15) is 5.01 Å². The van der Waals surface area contributed by atoms with Crippen molar-refractivity contribution in [2.75, 3.05) is 7.05 Å². The average molecular weight is 393 g/mol. The van der Waals surface area contributed by atoms with Gasteiger partial charge in [-0.2, -0.15) is 10.2 Å². The van der Waals surface area contributed by atoms with Gasteiger partial charge in [0, 0.05) is 44.7 Å². The van der Waals surface area contributed by atoms with Crippen LogP contribution < -0.4 is 0 Å². The number of hydrogen-bond donors (Lipinski definition) is 1. The second-order valence-electron chi connectivity index (χ2n) is 6.40. The van der Waals surface area contributed by atoms with Crippen LogP contribution >= 0.6 is 11.3 Å². The number of fused-ring (bicyclic) bond motifs is 1. The molecule has 4 aromatic heterocycles. The smallest absolute Gasteiger partial charge is 0.167 e. The molecular formula is C19H19N7OS. The van der Waals surface area contributed by atoms with Crippen molar-refractivity contribution >= 4 is 34.2 Å². The van der Waals surface area contributed by atoms with Gasteiger partial charge >= 0.3 is 0 Å². The van der Waals surface area contributed by atoms with Gasteiger partial charge < -0.3 is 4.57 Å². The van der Waals surface area contributed by atoms with E-state index in [1.54, 1.807) is 29.9 Å². The minimum absolute atomic E-state index is 0.568. The third-order valence-corrected chi connectivity index (χ3v) is 5.45. The molecule has 0 amide bonds. The summed E-state index contributed by atoms with van der Waals surface area (Å²) in [5.41, 5.74) is 4.14. The molecular weight excluding hydrogens is 374 g/mol. The lowest BCUT2D eigenvalue weighted by molar-refractivity contribution is 0.111. The Morgan fingerprint density at radius 3 is 3.00 bits per heavy atom. The number of hydrogen-bond acceptors (Lipinski definition) is 7. The van der Waals surface area contributed by atoms with E-state index in [0.717, 1.165) is 38.5 Å². The van der Waals surface area contributed by atoms with Gasteiger partial charge in [-0.15, -0.1) is 11.3 Å². The molecule has 0 fully saturated rings. The third-order valence-electron chi connectivity index (χ3n) is 4.37. The van der Waals surface area contributed by atoms with E-state index >= 15 is 0 Å². The molecule has 4 heterocycles. The first-order valence-electron chi connectivity index (χ1n) is 8.71. The van der Waals surface area contributed by atoms with E-state index in [1.165, 1.54) is 0 Å². The minimum Gasteiger partial charge on any atom is -0.325 e. The first kappa shape index (κ1) is 18.1. The summed E-state index contributed by atoms with van der Waals surface area (Å²) in [6.07, 6.45) is 8.59. The normalized spacial score (nSPS) is 11.5. The molecule has 1 N–H and O–H groups in total. The van der Waals surface area contributed by atoms with Gasteiger partial charge in [-0.1, -0.05) is 6.07 Å². The van der Waals surface area contributed by atoms with Crippen molar-refractivity contribution in [1.29, 1.82) is 0 Å². The number of H-pyrrole nitrogens is 1. The van der Waals surface area contributed by atoms with Gasteiger partial charge in [0.25, 0.3) is 0 Å². The number of hydrazone groups is 1. The summed E-state index contributed by atoms with van der Waals surface area (Å²) in [6, 6.07) is 5.83. The van der Waals surface area contributed by atoms with E-state index < -0.39 is 0 Å². The average Bonchev–Trinajstić information content (AvgIpc) is 3.40. The summed E-state index contributed by atoms with van der Waals surface area (Å²) in [7, 11) is 3.74. The molecule has 9 heteroatoms. The van der Waals surface area contributed by atoms with Gasteiger partial charge in [0.2, 0.25) is 0 Å². The number of aryl methyl sites for hydroxylation is 1.